The number of benzene rings is 2. The van der Waals surface area contributed by atoms with E-state index in [2.05, 4.69) is 33.8 Å². The molecule has 142 valence electrons. The van der Waals surface area contributed by atoms with Gasteiger partial charge in [-0.1, -0.05) is 48.5 Å². The molecule has 1 unspecified atom stereocenters. The topological polar surface area (TPSA) is 47.4 Å². The Balaban J connectivity index is 1.53. The van der Waals surface area contributed by atoms with Crippen LogP contribution >= 0.6 is 0 Å². The molecule has 0 bridgehead atoms. The molecule has 2 aromatic carbocycles. The first-order chi connectivity index (χ1) is 13.8. The molecule has 1 aromatic heterocycles. The van der Waals surface area contributed by atoms with Crippen LogP contribution in [0.2, 0.25) is 0 Å². The Morgan fingerprint density at radius 3 is 2.61 bits per heavy atom. The molecule has 0 radical (unpaired) electrons. The number of rotatable bonds is 6. The summed E-state index contributed by atoms with van der Waals surface area (Å²) < 4.78 is 7.86. The minimum Gasteiger partial charge on any atom is -0.370 e. The number of amides is 1. The Hall–Kier alpha value is -3.18. The lowest BCUT2D eigenvalue weighted by atomic mass is 10.1. The second-order valence-electron chi connectivity index (χ2n) is 6.82. The van der Waals surface area contributed by atoms with Gasteiger partial charge in [-0.25, -0.2) is 4.98 Å². The zero-order valence-electron chi connectivity index (χ0n) is 15.9. The van der Waals surface area contributed by atoms with Crippen LogP contribution in [0.3, 0.4) is 0 Å². The molecule has 4 rings (SSSR count). The molecule has 1 aliphatic rings. The molecule has 5 nitrogen and oxygen atoms in total. The molecule has 0 saturated heterocycles. The number of hydrogen-bond donors (Lipinski definition) is 0. The standard InChI is InChI=1S/C23H23N3O2/c1-28-23(19-7-3-2-4-8-19)21-15-24-17-25(21)16-18-10-12-20(13-11-18)26-14-6-5-9-22(26)27/h2-5,7-13,15,17,23H,6,14,16H2,1H3. The lowest BCUT2D eigenvalue weighted by Gasteiger charge is -2.23. The summed E-state index contributed by atoms with van der Waals surface area (Å²) in [6, 6.07) is 18.3. The van der Waals surface area contributed by atoms with Crippen LogP contribution in [0, 0.1) is 0 Å². The Morgan fingerprint density at radius 2 is 1.89 bits per heavy atom. The van der Waals surface area contributed by atoms with E-state index >= 15 is 0 Å². The average molecular weight is 373 g/mol. The third-order valence-corrected chi connectivity index (χ3v) is 5.00. The Kier molecular flexibility index (Phi) is 5.35. The van der Waals surface area contributed by atoms with Gasteiger partial charge in [0.2, 0.25) is 0 Å². The van der Waals surface area contributed by atoms with Crippen LogP contribution in [0.5, 0.6) is 0 Å². The molecule has 0 aliphatic carbocycles. The summed E-state index contributed by atoms with van der Waals surface area (Å²) in [7, 11) is 1.72. The highest BCUT2D eigenvalue weighted by Gasteiger charge is 2.18. The molecule has 2 heterocycles. The van der Waals surface area contributed by atoms with Crippen LogP contribution in [-0.4, -0.2) is 29.1 Å². The van der Waals surface area contributed by atoms with Gasteiger partial charge in [0, 0.05) is 25.9 Å². The maximum atomic E-state index is 12.0. The number of anilines is 1. The van der Waals surface area contributed by atoms with Crippen molar-refractivity contribution in [3.63, 3.8) is 0 Å². The van der Waals surface area contributed by atoms with Gasteiger partial charge in [0.1, 0.15) is 6.10 Å². The SMILES string of the molecule is COC(c1ccccc1)c1cncn1Cc1ccc(N2CCC=CC2=O)cc1. The number of carbonyl (C=O) groups is 1. The predicted molar refractivity (Wildman–Crippen MR) is 109 cm³/mol. The summed E-state index contributed by atoms with van der Waals surface area (Å²) in [5.41, 5.74) is 4.18. The minimum atomic E-state index is -0.166. The first kappa shape index (κ1) is 18.2. The van der Waals surface area contributed by atoms with Gasteiger partial charge in [0.05, 0.1) is 18.2 Å². The number of methoxy groups -OCH3 is 1. The zero-order chi connectivity index (χ0) is 19.3. The maximum absolute atomic E-state index is 12.0. The van der Waals surface area contributed by atoms with E-state index < -0.39 is 0 Å². The van der Waals surface area contributed by atoms with Crippen LogP contribution in [-0.2, 0) is 16.1 Å². The third kappa shape index (κ3) is 3.75. The zero-order valence-corrected chi connectivity index (χ0v) is 15.9. The Bertz CT molecular complexity index is 961. The van der Waals surface area contributed by atoms with E-state index in [4.69, 9.17) is 4.74 Å². The fraction of sp³-hybridized carbons (Fsp3) is 0.217. The smallest absolute Gasteiger partial charge is 0.250 e. The number of hydrogen-bond acceptors (Lipinski definition) is 3. The van der Waals surface area contributed by atoms with Crippen molar-refractivity contribution in [1.82, 2.24) is 9.55 Å². The lowest BCUT2D eigenvalue weighted by molar-refractivity contribution is -0.114. The summed E-state index contributed by atoms with van der Waals surface area (Å²) in [5.74, 6) is 0.0432. The fourth-order valence-electron chi connectivity index (χ4n) is 3.56. The first-order valence-corrected chi connectivity index (χ1v) is 9.41. The highest BCUT2D eigenvalue weighted by Crippen LogP contribution is 2.26. The maximum Gasteiger partial charge on any atom is 0.250 e. The van der Waals surface area contributed by atoms with Gasteiger partial charge in [0.15, 0.2) is 0 Å². The Morgan fingerprint density at radius 1 is 1.11 bits per heavy atom. The quantitative estimate of drug-likeness (QED) is 0.657. The van der Waals surface area contributed by atoms with Gasteiger partial charge >= 0.3 is 0 Å². The molecule has 1 amide bonds. The van der Waals surface area contributed by atoms with Crippen LogP contribution in [0.4, 0.5) is 5.69 Å². The molecule has 0 spiro atoms. The van der Waals surface area contributed by atoms with Crippen molar-refractivity contribution in [2.45, 2.75) is 19.1 Å². The first-order valence-electron chi connectivity index (χ1n) is 9.41. The van der Waals surface area contributed by atoms with Crippen molar-refractivity contribution >= 4 is 11.6 Å². The monoisotopic (exact) mass is 373 g/mol. The Labute approximate surface area is 164 Å². The van der Waals surface area contributed by atoms with Gasteiger partial charge in [-0.15, -0.1) is 0 Å². The largest absolute Gasteiger partial charge is 0.370 e. The second-order valence-corrected chi connectivity index (χ2v) is 6.82. The molecule has 5 heteroatoms. The molecule has 0 N–H and O–H groups in total. The number of aromatic nitrogens is 2. The van der Waals surface area contributed by atoms with E-state index in [9.17, 15) is 4.79 Å². The van der Waals surface area contributed by atoms with Crippen LogP contribution < -0.4 is 4.90 Å². The normalized spacial score (nSPS) is 15.0. The van der Waals surface area contributed by atoms with E-state index in [0.717, 1.165) is 35.5 Å². The van der Waals surface area contributed by atoms with Crippen LogP contribution in [0.15, 0.2) is 79.3 Å². The molecular weight excluding hydrogens is 350 g/mol. The number of nitrogens with zero attached hydrogens (tertiary/aromatic N) is 3. The number of ether oxygens (including phenoxy) is 1. The van der Waals surface area contributed by atoms with Crippen molar-refractivity contribution in [3.05, 3.63) is 96.1 Å². The van der Waals surface area contributed by atoms with Crippen LogP contribution in [0.1, 0.15) is 29.3 Å². The molecule has 0 saturated carbocycles. The van der Waals surface area contributed by atoms with Crippen molar-refractivity contribution in [2.24, 2.45) is 0 Å². The molecule has 28 heavy (non-hydrogen) atoms. The summed E-state index contributed by atoms with van der Waals surface area (Å²) in [6.45, 7) is 1.42. The van der Waals surface area contributed by atoms with Crippen molar-refractivity contribution in [3.8, 4) is 0 Å². The summed E-state index contributed by atoms with van der Waals surface area (Å²) in [5, 5.41) is 0. The highest BCUT2D eigenvalue weighted by molar-refractivity contribution is 6.02. The van der Waals surface area contributed by atoms with Crippen molar-refractivity contribution in [1.29, 1.82) is 0 Å². The minimum absolute atomic E-state index is 0.0432. The second kappa shape index (κ2) is 8.23. The molecular formula is C23H23N3O2. The molecule has 0 fully saturated rings. The summed E-state index contributed by atoms with van der Waals surface area (Å²) in [4.78, 5) is 18.2. The lowest BCUT2D eigenvalue weighted by Crippen LogP contribution is -2.32. The van der Waals surface area contributed by atoms with Crippen molar-refractivity contribution in [2.75, 3.05) is 18.6 Å². The van der Waals surface area contributed by atoms with Gasteiger partial charge < -0.3 is 14.2 Å². The fourth-order valence-corrected chi connectivity index (χ4v) is 3.56. The predicted octanol–water partition coefficient (Wildman–Crippen LogP) is 3.96. The van der Waals surface area contributed by atoms with Gasteiger partial charge in [0.25, 0.3) is 5.91 Å². The summed E-state index contributed by atoms with van der Waals surface area (Å²) >= 11 is 0. The van der Waals surface area contributed by atoms with Crippen molar-refractivity contribution < 1.29 is 9.53 Å². The van der Waals surface area contributed by atoms with E-state index in [-0.39, 0.29) is 12.0 Å². The van der Waals surface area contributed by atoms with E-state index in [0.29, 0.717) is 6.54 Å². The van der Waals surface area contributed by atoms with Crippen LogP contribution in [0.25, 0.3) is 0 Å². The highest BCUT2D eigenvalue weighted by atomic mass is 16.5. The summed E-state index contributed by atoms with van der Waals surface area (Å²) in [6.07, 6.45) is 7.98. The number of carbonyl (C=O) groups excluding carboxylic acids is 1. The van der Waals surface area contributed by atoms with Gasteiger partial charge in [-0.3, -0.25) is 4.79 Å². The molecule has 1 atom stereocenters. The average Bonchev–Trinajstić information content (AvgIpc) is 3.18. The van der Waals surface area contributed by atoms with E-state index in [1.165, 1.54) is 0 Å². The molecule has 1 aliphatic heterocycles. The number of imidazole rings is 1. The molecule has 3 aromatic rings. The third-order valence-electron chi connectivity index (χ3n) is 5.00. The van der Waals surface area contributed by atoms with E-state index in [1.54, 1.807) is 13.2 Å². The van der Waals surface area contributed by atoms with E-state index in [1.807, 2.05) is 53.8 Å². The van der Waals surface area contributed by atoms with Gasteiger partial charge in [-0.2, -0.15) is 0 Å². The van der Waals surface area contributed by atoms with Gasteiger partial charge in [-0.05, 0) is 35.8 Å².